The number of amides is 1. The Hall–Kier alpha value is -1.04. The number of thiophene rings is 1. The van der Waals surface area contributed by atoms with E-state index in [9.17, 15) is 4.79 Å². The molecule has 3 nitrogen and oxygen atoms in total. The summed E-state index contributed by atoms with van der Waals surface area (Å²) >= 11 is 10.9. The Balaban J connectivity index is 1.81. The maximum absolute atomic E-state index is 12.0. The van der Waals surface area contributed by atoms with E-state index < -0.39 is 6.10 Å². The van der Waals surface area contributed by atoms with Gasteiger partial charge in [0.2, 0.25) is 0 Å². The normalized spacial score (nSPS) is 12.0. The van der Waals surface area contributed by atoms with Crippen LogP contribution in [0.4, 0.5) is 0 Å². The van der Waals surface area contributed by atoms with Crippen molar-refractivity contribution in [2.75, 3.05) is 6.54 Å². The van der Waals surface area contributed by atoms with Crippen molar-refractivity contribution in [2.24, 2.45) is 0 Å². The van der Waals surface area contributed by atoms with Crippen molar-refractivity contribution < 1.29 is 9.53 Å². The highest BCUT2D eigenvalue weighted by Crippen LogP contribution is 2.28. The second-order valence-electron chi connectivity index (χ2n) is 4.46. The summed E-state index contributed by atoms with van der Waals surface area (Å²) in [6.07, 6.45) is 0.270. The zero-order chi connectivity index (χ0) is 15.2. The summed E-state index contributed by atoms with van der Waals surface area (Å²) in [5.74, 6) is 0.466. The van der Waals surface area contributed by atoms with Gasteiger partial charge in [-0.25, -0.2) is 0 Å². The molecule has 0 aliphatic carbocycles. The molecule has 2 aromatic rings. The molecule has 0 saturated heterocycles. The molecule has 1 heterocycles. The number of carbonyl (C=O) groups excluding carboxylic acids is 1. The highest BCUT2D eigenvalue weighted by atomic mass is 79.9. The van der Waals surface area contributed by atoms with Crippen LogP contribution in [0, 0.1) is 0 Å². The van der Waals surface area contributed by atoms with Crippen LogP contribution in [0.15, 0.2) is 40.2 Å². The van der Waals surface area contributed by atoms with Crippen molar-refractivity contribution in [1.29, 1.82) is 0 Å². The van der Waals surface area contributed by atoms with Crippen molar-refractivity contribution in [1.82, 2.24) is 5.32 Å². The maximum Gasteiger partial charge on any atom is 0.260 e. The lowest BCUT2D eigenvalue weighted by Crippen LogP contribution is -2.37. The molecule has 0 saturated carbocycles. The minimum Gasteiger partial charge on any atom is -0.480 e. The number of ether oxygens (including phenoxy) is 1. The molecule has 0 bridgehead atoms. The minimum atomic E-state index is -0.564. The summed E-state index contributed by atoms with van der Waals surface area (Å²) in [4.78, 5) is 13.2. The Morgan fingerprint density at radius 2 is 2.29 bits per heavy atom. The molecule has 2 rings (SSSR count). The van der Waals surface area contributed by atoms with E-state index in [1.807, 2.05) is 11.4 Å². The third-order valence-corrected chi connectivity index (χ3v) is 4.61. The van der Waals surface area contributed by atoms with Gasteiger partial charge in [0.05, 0.1) is 4.47 Å². The number of hydrogen-bond donors (Lipinski definition) is 1. The molecule has 0 fully saturated rings. The fourth-order valence-electron chi connectivity index (χ4n) is 1.72. The molecule has 6 heteroatoms. The molecule has 1 unspecified atom stereocenters. The first kappa shape index (κ1) is 16.3. The molecule has 0 aliphatic heterocycles. The van der Waals surface area contributed by atoms with Gasteiger partial charge in [-0.05, 0) is 58.9 Å². The Kier molecular flexibility index (Phi) is 6.08. The fraction of sp³-hybridized carbons (Fsp3) is 0.267. The van der Waals surface area contributed by atoms with Gasteiger partial charge in [-0.1, -0.05) is 17.7 Å². The van der Waals surface area contributed by atoms with Crippen LogP contribution in [-0.4, -0.2) is 18.6 Å². The van der Waals surface area contributed by atoms with Crippen molar-refractivity contribution in [2.45, 2.75) is 19.4 Å². The molecule has 1 aromatic carbocycles. The standard InChI is InChI=1S/C15H15BrClNO2S/c1-10(20-14-5-4-11(17)9-13(14)16)15(19)18-7-6-12-3-2-8-21-12/h2-5,8-10H,6-7H2,1H3,(H,18,19). The van der Waals surface area contributed by atoms with E-state index in [4.69, 9.17) is 16.3 Å². The Labute approximate surface area is 141 Å². The Bertz CT molecular complexity index is 604. The number of hydrogen-bond acceptors (Lipinski definition) is 3. The molecule has 21 heavy (non-hydrogen) atoms. The van der Waals surface area contributed by atoms with Gasteiger partial charge in [-0.2, -0.15) is 0 Å². The third kappa shape index (κ3) is 5.02. The SMILES string of the molecule is CC(Oc1ccc(Cl)cc1Br)C(=O)NCCc1cccs1. The quantitative estimate of drug-likeness (QED) is 0.801. The van der Waals surface area contributed by atoms with Gasteiger partial charge >= 0.3 is 0 Å². The van der Waals surface area contributed by atoms with E-state index in [1.54, 1.807) is 36.5 Å². The molecule has 0 aliphatic rings. The second kappa shape index (κ2) is 7.82. The minimum absolute atomic E-state index is 0.131. The van der Waals surface area contributed by atoms with E-state index in [1.165, 1.54) is 4.88 Å². The van der Waals surface area contributed by atoms with E-state index >= 15 is 0 Å². The molecule has 112 valence electrons. The van der Waals surface area contributed by atoms with Crippen molar-refractivity contribution in [3.8, 4) is 5.75 Å². The zero-order valence-electron chi connectivity index (χ0n) is 11.4. The fourth-order valence-corrected chi connectivity index (χ4v) is 3.21. The van der Waals surface area contributed by atoms with Gasteiger partial charge in [0.15, 0.2) is 6.10 Å². The number of rotatable bonds is 6. The van der Waals surface area contributed by atoms with Gasteiger partial charge in [0.1, 0.15) is 5.75 Å². The lowest BCUT2D eigenvalue weighted by molar-refractivity contribution is -0.127. The van der Waals surface area contributed by atoms with Crippen LogP contribution < -0.4 is 10.1 Å². The smallest absolute Gasteiger partial charge is 0.260 e. The second-order valence-corrected chi connectivity index (χ2v) is 6.78. The van der Waals surface area contributed by atoms with E-state index in [0.29, 0.717) is 17.3 Å². The first-order valence-electron chi connectivity index (χ1n) is 6.48. The van der Waals surface area contributed by atoms with Gasteiger partial charge in [0, 0.05) is 16.4 Å². The summed E-state index contributed by atoms with van der Waals surface area (Å²) in [6, 6.07) is 9.26. The zero-order valence-corrected chi connectivity index (χ0v) is 14.6. The molecular formula is C15H15BrClNO2S. The predicted molar refractivity (Wildman–Crippen MR) is 90.3 cm³/mol. The van der Waals surface area contributed by atoms with Crippen LogP contribution in [0.5, 0.6) is 5.75 Å². The van der Waals surface area contributed by atoms with Crippen LogP contribution in [0.3, 0.4) is 0 Å². The Morgan fingerprint density at radius 1 is 1.48 bits per heavy atom. The monoisotopic (exact) mass is 387 g/mol. The molecule has 1 N–H and O–H groups in total. The van der Waals surface area contributed by atoms with E-state index in [2.05, 4.69) is 27.3 Å². The molecular weight excluding hydrogens is 374 g/mol. The van der Waals surface area contributed by atoms with Crippen LogP contribution in [0.25, 0.3) is 0 Å². The largest absolute Gasteiger partial charge is 0.480 e. The van der Waals surface area contributed by atoms with Crippen molar-refractivity contribution >= 4 is 44.8 Å². The first-order valence-corrected chi connectivity index (χ1v) is 8.53. The van der Waals surface area contributed by atoms with Crippen molar-refractivity contribution in [3.05, 3.63) is 50.1 Å². The molecule has 0 radical (unpaired) electrons. The first-order chi connectivity index (χ1) is 10.1. The summed E-state index contributed by atoms with van der Waals surface area (Å²) in [5.41, 5.74) is 0. The van der Waals surface area contributed by atoms with Gasteiger partial charge in [0.25, 0.3) is 5.91 Å². The topological polar surface area (TPSA) is 38.3 Å². The van der Waals surface area contributed by atoms with Crippen LogP contribution in [0.1, 0.15) is 11.8 Å². The molecule has 1 amide bonds. The van der Waals surface area contributed by atoms with Gasteiger partial charge in [-0.15, -0.1) is 11.3 Å². The van der Waals surface area contributed by atoms with Crippen LogP contribution in [0.2, 0.25) is 5.02 Å². The molecule has 1 atom stereocenters. The lowest BCUT2D eigenvalue weighted by atomic mass is 10.3. The average molecular weight is 389 g/mol. The Morgan fingerprint density at radius 3 is 2.95 bits per heavy atom. The van der Waals surface area contributed by atoms with Gasteiger partial charge < -0.3 is 10.1 Å². The lowest BCUT2D eigenvalue weighted by Gasteiger charge is -2.15. The number of benzene rings is 1. The van der Waals surface area contributed by atoms with Crippen LogP contribution in [-0.2, 0) is 11.2 Å². The maximum atomic E-state index is 12.0. The third-order valence-electron chi connectivity index (χ3n) is 2.82. The number of halogens is 2. The number of nitrogens with one attached hydrogen (secondary N) is 1. The highest BCUT2D eigenvalue weighted by Gasteiger charge is 2.15. The van der Waals surface area contributed by atoms with Gasteiger partial charge in [-0.3, -0.25) is 4.79 Å². The van der Waals surface area contributed by atoms with E-state index in [-0.39, 0.29) is 5.91 Å². The van der Waals surface area contributed by atoms with Crippen molar-refractivity contribution in [3.63, 3.8) is 0 Å². The summed E-state index contributed by atoms with van der Waals surface area (Å²) < 4.78 is 6.36. The van der Waals surface area contributed by atoms with E-state index in [0.717, 1.165) is 10.9 Å². The summed E-state index contributed by atoms with van der Waals surface area (Å²) in [5, 5.41) is 5.52. The average Bonchev–Trinajstić information content (AvgIpc) is 2.95. The molecule has 1 aromatic heterocycles. The predicted octanol–water partition coefficient (Wildman–Crippen LogP) is 4.29. The summed E-state index contributed by atoms with van der Waals surface area (Å²) in [7, 11) is 0. The summed E-state index contributed by atoms with van der Waals surface area (Å²) in [6.45, 7) is 2.33. The number of carbonyl (C=O) groups is 1. The highest BCUT2D eigenvalue weighted by molar-refractivity contribution is 9.10. The van der Waals surface area contributed by atoms with Crippen LogP contribution >= 0.6 is 38.9 Å². The molecule has 0 spiro atoms.